The Morgan fingerprint density at radius 2 is 1.42 bits per heavy atom. The minimum atomic E-state index is -0.562. The third kappa shape index (κ3) is 5.82. The number of nitro benzene ring substituents is 1. The van der Waals surface area contributed by atoms with Crippen LogP contribution in [0.5, 0.6) is 11.5 Å². The lowest BCUT2D eigenvalue weighted by Crippen LogP contribution is -2.25. The predicted molar refractivity (Wildman–Crippen MR) is 112 cm³/mol. The number of ether oxygens (including phenoxy) is 3. The molecule has 1 saturated heterocycles. The fourth-order valence-corrected chi connectivity index (χ4v) is 2.87. The number of amides is 2. The van der Waals surface area contributed by atoms with Crippen molar-refractivity contribution >= 4 is 34.6 Å². The Kier molecular flexibility index (Phi) is 7.22. The lowest BCUT2D eigenvalue weighted by atomic mass is 10.2. The van der Waals surface area contributed by atoms with Gasteiger partial charge in [0.05, 0.1) is 10.6 Å². The molecule has 2 amide bonds. The molecule has 164 valence electrons. The van der Waals surface area contributed by atoms with Crippen molar-refractivity contribution in [2.24, 2.45) is 0 Å². The number of benzene rings is 2. The first-order valence-electron chi connectivity index (χ1n) is 9.54. The Balaban J connectivity index is 0.000000145. The highest BCUT2D eigenvalue weighted by atomic mass is 16.6. The van der Waals surface area contributed by atoms with Gasteiger partial charge in [-0.15, -0.1) is 0 Å². The summed E-state index contributed by atoms with van der Waals surface area (Å²) in [5.41, 5.74) is 6.69. The van der Waals surface area contributed by atoms with Gasteiger partial charge < -0.3 is 30.6 Å². The molecule has 4 N–H and O–H groups in total. The van der Waals surface area contributed by atoms with Crippen LogP contribution in [0.3, 0.4) is 0 Å². The molecule has 11 nitrogen and oxygen atoms in total. The van der Waals surface area contributed by atoms with Crippen LogP contribution in [0.25, 0.3) is 0 Å². The van der Waals surface area contributed by atoms with Crippen LogP contribution in [0.1, 0.15) is 12.8 Å². The normalized spacial score (nSPS) is 15.7. The molecular formula is C20H22N4O7. The minimum Gasteiger partial charge on any atom is -0.482 e. The number of nitrogens with two attached hydrogens (primary N) is 1. The molecule has 0 radical (unpaired) electrons. The number of nitrogens with zero attached hydrogens (tertiary/aromatic N) is 1. The molecule has 0 aliphatic carbocycles. The zero-order valence-corrected chi connectivity index (χ0v) is 16.6. The number of fused-ring (bicyclic) bond motifs is 2. The summed E-state index contributed by atoms with van der Waals surface area (Å²) in [7, 11) is 0. The van der Waals surface area contributed by atoms with Crippen LogP contribution < -0.4 is 25.8 Å². The van der Waals surface area contributed by atoms with Crippen molar-refractivity contribution in [2.45, 2.75) is 12.8 Å². The molecule has 31 heavy (non-hydrogen) atoms. The summed E-state index contributed by atoms with van der Waals surface area (Å²) >= 11 is 0. The summed E-state index contributed by atoms with van der Waals surface area (Å²) in [5.74, 6) is 0.417. The quantitative estimate of drug-likeness (QED) is 0.354. The van der Waals surface area contributed by atoms with Gasteiger partial charge in [-0.25, -0.2) is 0 Å². The van der Waals surface area contributed by atoms with Crippen LogP contribution in [0.15, 0.2) is 36.4 Å². The Morgan fingerprint density at radius 3 is 1.97 bits per heavy atom. The van der Waals surface area contributed by atoms with Gasteiger partial charge in [-0.1, -0.05) is 12.1 Å². The number of rotatable bonds is 1. The summed E-state index contributed by atoms with van der Waals surface area (Å²) in [6.45, 7) is 1.96. The lowest BCUT2D eigenvalue weighted by molar-refractivity contribution is -0.384. The van der Waals surface area contributed by atoms with Crippen molar-refractivity contribution in [2.75, 3.05) is 42.8 Å². The van der Waals surface area contributed by atoms with E-state index >= 15 is 0 Å². The number of para-hydroxylation sites is 2. The van der Waals surface area contributed by atoms with Crippen LogP contribution >= 0.6 is 0 Å². The van der Waals surface area contributed by atoms with E-state index in [4.69, 9.17) is 19.9 Å². The smallest absolute Gasteiger partial charge is 0.296 e. The van der Waals surface area contributed by atoms with Crippen molar-refractivity contribution in [3.8, 4) is 11.5 Å². The maximum atomic E-state index is 10.9. The van der Waals surface area contributed by atoms with Crippen molar-refractivity contribution in [3.63, 3.8) is 0 Å². The van der Waals surface area contributed by atoms with E-state index in [9.17, 15) is 19.7 Å². The highest BCUT2D eigenvalue weighted by Crippen LogP contribution is 2.36. The SMILES string of the molecule is C1CCOC1.Nc1cccc2c1NC(=O)CO2.O=C1COc2cccc([N+](=O)[O-])c2N1. The number of nitro groups is 1. The van der Waals surface area contributed by atoms with Crippen molar-refractivity contribution in [1.82, 2.24) is 0 Å². The molecule has 3 heterocycles. The summed E-state index contributed by atoms with van der Waals surface area (Å²) in [6, 6.07) is 9.66. The number of hydrogen-bond acceptors (Lipinski definition) is 8. The minimum absolute atomic E-state index is 0.0659. The summed E-state index contributed by atoms with van der Waals surface area (Å²) in [5, 5.41) is 15.6. The molecule has 3 aliphatic rings. The topological polar surface area (TPSA) is 155 Å². The molecule has 0 saturated carbocycles. The molecule has 2 aromatic rings. The first-order valence-corrected chi connectivity index (χ1v) is 9.54. The highest BCUT2D eigenvalue weighted by Gasteiger charge is 2.24. The average molecular weight is 430 g/mol. The number of nitrogens with one attached hydrogen (secondary N) is 2. The van der Waals surface area contributed by atoms with Gasteiger partial charge in [-0.3, -0.25) is 19.7 Å². The van der Waals surface area contributed by atoms with E-state index in [-0.39, 0.29) is 36.4 Å². The van der Waals surface area contributed by atoms with Gasteiger partial charge in [0.1, 0.15) is 11.4 Å². The zero-order valence-electron chi connectivity index (χ0n) is 16.6. The number of carbonyl (C=O) groups excluding carboxylic acids is 2. The second kappa shape index (κ2) is 10.3. The Bertz CT molecular complexity index is 968. The molecule has 0 atom stereocenters. The summed E-state index contributed by atoms with van der Waals surface area (Å²) in [4.78, 5) is 31.8. The molecule has 5 rings (SSSR count). The molecule has 1 fully saturated rings. The van der Waals surface area contributed by atoms with Gasteiger partial charge in [-0.2, -0.15) is 0 Å². The van der Waals surface area contributed by atoms with Crippen LogP contribution in [-0.2, 0) is 14.3 Å². The summed E-state index contributed by atoms with van der Waals surface area (Å²) < 4.78 is 15.1. The van der Waals surface area contributed by atoms with E-state index in [1.807, 2.05) is 0 Å². The first-order chi connectivity index (χ1) is 15.0. The summed E-state index contributed by atoms with van der Waals surface area (Å²) in [6.07, 6.45) is 2.56. The van der Waals surface area contributed by atoms with Crippen LogP contribution in [0, 0.1) is 10.1 Å². The fraction of sp³-hybridized carbons (Fsp3) is 0.300. The maximum absolute atomic E-state index is 10.9. The van der Waals surface area contributed by atoms with E-state index in [0.29, 0.717) is 22.9 Å². The zero-order chi connectivity index (χ0) is 22.2. The van der Waals surface area contributed by atoms with Gasteiger partial charge in [0.15, 0.2) is 24.7 Å². The van der Waals surface area contributed by atoms with Crippen molar-refractivity contribution in [1.29, 1.82) is 0 Å². The number of anilines is 3. The molecular weight excluding hydrogens is 408 g/mol. The molecule has 0 aromatic heterocycles. The number of nitrogen functional groups attached to an aromatic ring is 1. The monoisotopic (exact) mass is 430 g/mol. The van der Waals surface area contributed by atoms with Gasteiger partial charge in [-0.05, 0) is 31.0 Å². The average Bonchev–Trinajstić information content (AvgIpc) is 3.34. The Labute approximate surface area is 177 Å². The molecule has 2 aromatic carbocycles. The number of carbonyl (C=O) groups is 2. The molecule has 0 bridgehead atoms. The highest BCUT2D eigenvalue weighted by molar-refractivity contribution is 5.99. The van der Waals surface area contributed by atoms with Gasteiger partial charge in [0, 0.05) is 19.3 Å². The molecule has 3 aliphatic heterocycles. The third-order valence-corrected chi connectivity index (χ3v) is 4.33. The largest absolute Gasteiger partial charge is 0.482 e. The van der Waals surface area contributed by atoms with E-state index in [1.54, 1.807) is 24.3 Å². The lowest BCUT2D eigenvalue weighted by Gasteiger charge is -2.18. The second-order valence-corrected chi connectivity index (χ2v) is 6.62. The van der Waals surface area contributed by atoms with E-state index < -0.39 is 4.92 Å². The molecule has 11 heteroatoms. The molecule has 0 unspecified atom stereocenters. The van der Waals surface area contributed by atoms with Gasteiger partial charge >= 0.3 is 0 Å². The van der Waals surface area contributed by atoms with Crippen molar-refractivity contribution < 1.29 is 28.7 Å². The fourth-order valence-electron chi connectivity index (χ4n) is 2.87. The third-order valence-electron chi connectivity index (χ3n) is 4.33. The first kappa shape index (κ1) is 21.8. The second-order valence-electron chi connectivity index (χ2n) is 6.62. The van der Waals surface area contributed by atoms with Crippen LogP contribution in [0.2, 0.25) is 0 Å². The Hall–Kier alpha value is -3.86. The Morgan fingerprint density at radius 1 is 0.871 bits per heavy atom. The van der Waals surface area contributed by atoms with Gasteiger partial charge in [0.2, 0.25) is 0 Å². The van der Waals surface area contributed by atoms with Gasteiger partial charge in [0.25, 0.3) is 17.5 Å². The maximum Gasteiger partial charge on any atom is 0.296 e. The van der Waals surface area contributed by atoms with E-state index in [2.05, 4.69) is 10.6 Å². The van der Waals surface area contributed by atoms with Crippen LogP contribution in [0.4, 0.5) is 22.7 Å². The van der Waals surface area contributed by atoms with Crippen molar-refractivity contribution in [3.05, 3.63) is 46.5 Å². The standard InChI is InChI=1S/C8H6N2O4.C8H8N2O2.C4H8O/c11-7-4-14-6-3-1-2-5(10(12)13)8(6)9-7;9-5-2-1-3-6-8(5)10-7(11)4-12-6;1-2-4-5-3-1/h1-3H,4H2,(H,9,11);1-3H,4,9H2,(H,10,11);1-4H2. The predicted octanol–water partition coefficient (Wildman–Crippen LogP) is 2.32. The number of hydrogen-bond donors (Lipinski definition) is 3. The van der Waals surface area contributed by atoms with Crippen LogP contribution in [-0.4, -0.2) is 43.2 Å². The van der Waals surface area contributed by atoms with E-state index in [1.165, 1.54) is 25.0 Å². The molecule has 0 spiro atoms. The van der Waals surface area contributed by atoms with E-state index in [0.717, 1.165) is 13.2 Å².